The van der Waals surface area contributed by atoms with Gasteiger partial charge in [-0.2, -0.15) is 13.2 Å². The molecule has 0 spiro atoms. The van der Waals surface area contributed by atoms with Gasteiger partial charge in [-0.3, -0.25) is 14.9 Å². The van der Waals surface area contributed by atoms with E-state index >= 15 is 0 Å². The number of aromatic nitrogens is 3. The van der Waals surface area contributed by atoms with Crippen molar-refractivity contribution in [3.63, 3.8) is 0 Å². The minimum absolute atomic E-state index is 0.0876. The highest BCUT2D eigenvalue weighted by atomic mass is 19.4. The molecule has 0 bridgehead atoms. The van der Waals surface area contributed by atoms with E-state index in [0.29, 0.717) is 17.6 Å². The molecule has 0 saturated carbocycles. The minimum atomic E-state index is -4.68. The number of anilines is 1. The van der Waals surface area contributed by atoms with Crippen molar-refractivity contribution >= 4 is 28.3 Å². The summed E-state index contributed by atoms with van der Waals surface area (Å²) in [6.45, 7) is 4.47. The number of nitro groups is 1. The Morgan fingerprint density at radius 2 is 1.86 bits per heavy atom. The second kappa shape index (κ2) is 9.04. The van der Waals surface area contributed by atoms with E-state index in [9.17, 15) is 28.1 Å². The van der Waals surface area contributed by atoms with Crippen molar-refractivity contribution in [1.82, 2.24) is 19.7 Å². The number of hydrogen-bond donors (Lipinski definition) is 0. The number of halogens is 3. The Morgan fingerprint density at radius 1 is 1.17 bits per heavy atom. The molecule has 0 aliphatic carbocycles. The highest BCUT2D eigenvalue weighted by Crippen LogP contribution is 2.36. The van der Waals surface area contributed by atoms with Crippen LogP contribution in [-0.2, 0) is 18.0 Å². The van der Waals surface area contributed by atoms with Crippen molar-refractivity contribution < 1.29 is 27.6 Å². The van der Waals surface area contributed by atoms with Gasteiger partial charge in [-0.1, -0.05) is 0 Å². The lowest BCUT2D eigenvalue weighted by molar-refractivity contribution is -0.384. The van der Waals surface area contributed by atoms with E-state index in [2.05, 4.69) is 10.1 Å². The van der Waals surface area contributed by atoms with Crippen LogP contribution in [0.1, 0.15) is 16.8 Å². The maximum Gasteiger partial charge on any atom is 0.416 e. The molecule has 2 aromatic heterocycles. The van der Waals surface area contributed by atoms with E-state index in [0.717, 1.165) is 28.8 Å². The summed E-state index contributed by atoms with van der Waals surface area (Å²) < 4.78 is 46.2. The average molecular weight is 492 g/mol. The lowest BCUT2D eigenvalue weighted by Gasteiger charge is -2.35. The van der Waals surface area contributed by atoms with Crippen LogP contribution >= 0.6 is 0 Å². The molecule has 1 aliphatic heterocycles. The first kappa shape index (κ1) is 24.2. The fourth-order valence-electron chi connectivity index (χ4n) is 4.18. The number of benzene rings is 1. The highest BCUT2D eigenvalue weighted by molar-refractivity contribution is 5.86. The molecule has 1 fully saturated rings. The van der Waals surface area contributed by atoms with E-state index in [4.69, 9.17) is 4.74 Å². The largest absolute Gasteiger partial charge is 0.466 e. The van der Waals surface area contributed by atoms with Crippen molar-refractivity contribution in [2.45, 2.75) is 20.0 Å². The number of piperazine rings is 1. The van der Waals surface area contributed by atoms with Gasteiger partial charge in [-0.05, 0) is 37.6 Å². The summed E-state index contributed by atoms with van der Waals surface area (Å²) in [6, 6.07) is 4.36. The number of pyridine rings is 1. The topological polar surface area (TPSA) is 107 Å². The Balaban J connectivity index is 1.41. The highest BCUT2D eigenvalue weighted by Gasteiger charge is 2.34. The van der Waals surface area contributed by atoms with Crippen LogP contribution in [0.2, 0.25) is 0 Å². The first-order valence-electron chi connectivity index (χ1n) is 10.8. The summed E-state index contributed by atoms with van der Waals surface area (Å²) in [6.07, 6.45) is -4.68. The summed E-state index contributed by atoms with van der Waals surface area (Å²) in [7, 11) is 1.74. The molecule has 3 aromatic rings. The lowest BCUT2D eigenvalue weighted by atomic mass is 10.1. The Hall–Kier alpha value is -3.90. The van der Waals surface area contributed by atoms with Crippen LogP contribution in [0.15, 0.2) is 24.3 Å². The zero-order valence-corrected chi connectivity index (χ0v) is 19.3. The van der Waals surface area contributed by atoms with Gasteiger partial charge in [-0.15, -0.1) is 5.10 Å². The van der Waals surface area contributed by atoms with Gasteiger partial charge in [0.05, 0.1) is 15.9 Å². The van der Waals surface area contributed by atoms with Crippen LogP contribution in [-0.4, -0.2) is 63.3 Å². The zero-order valence-electron chi connectivity index (χ0n) is 19.3. The predicted molar refractivity (Wildman–Crippen MR) is 120 cm³/mol. The Morgan fingerprint density at radius 3 is 2.49 bits per heavy atom. The van der Waals surface area contributed by atoms with Gasteiger partial charge in [0.25, 0.3) is 11.6 Å². The van der Waals surface area contributed by atoms with Crippen molar-refractivity contribution in [2.75, 3.05) is 37.7 Å². The minimum Gasteiger partial charge on any atom is -0.466 e. The number of fused-ring (bicyclic) bond motifs is 1. The van der Waals surface area contributed by atoms with Crippen LogP contribution in [0.4, 0.5) is 24.5 Å². The van der Waals surface area contributed by atoms with Crippen LogP contribution in [0.5, 0.6) is 5.88 Å². The number of carbonyl (C=O) groups excluding carboxylic acids is 1. The van der Waals surface area contributed by atoms with Gasteiger partial charge < -0.3 is 14.5 Å². The molecule has 35 heavy (non-hydrogen) atoms. The quantitative estimate of drug-likeness (QED) is 0.398. The van der Waals surface area contributed by atoms with E-state index in [1.165, 1.54) is 0 Å². The molecular formula is C22H23F3N6O4. The predicted octanol–water partition coefficient (Wildman–Crippen LogP) is 3.24. The number of nitrogens with zero attached hydrogens (tertiary/aromatic N) is 6. The third-order valence-corrected chi connectivity index (χ3v) is 5.89. The van der Waals surface area contributed by atoms with Gasteiger partial charge in [0.1, 0.15) is 5.69 Å². The first-order chi connectivity index (χ1) is 16.5. The molecule has 0 radical (unpaired) electrons. The van der Waals surface area contributed by atoms with Gasteiger partial charge in [-0.25, -0.2) is 9.67 Å². The fraction of sp³-hybridized carbons (Fsp3) is 0.409. The first-order valence-corrected chi connectivity index (χ1v) is 10.8. The van der Waals surface area contributed by atoms with Crippen LogP contribution < -0.4 is 9.64 Å². The van der Waals surface area contributed by atoms with E-state index in [-0.39, 0.29) is 44.4 Å². The summed E-state index contributed by atoms with van der Waals surface area (Å²) in [4.78, 5) is 30.9. The SMILES string of the molecule is Cc1cc(C)c2c(OCC(=O)N3CCN(c4ccc(C(F)(F)F)cc4[N+](=O)[O-])CC3)nn(C)c2n1. The number of ether oxygens (including phenoxy) is 1. The van der Waals surface area contributed by atoms with Crippen molar-refractivity contribution in [1.29, 1.82) is 0 Å². The zero-order chi connectivity index (χ0) is 25.5. The molecule has 3 heterocycles. The second-order valence-corrected chi connectivity index (χ2v) is 8.32. The summed E-state index contributed by atoms with van der Waals surface area (Å²) in [5.74, 6) is 0.0166. The van der Waals surface area contributed by atoms with Crippen molar-refractivity contribution in [3.05, 3.63) is 51.2 Å². The summed E-state index contributed by atoms with van der Waals surface area (Å²) in [5.41, 5.74) is 0.800. The molecule has 1 aromatic carbocycles. The number of amides is 1. The number of aryl methyl sites for hydroxylation is 3. The molecule has 186 valence electrons. The standard InChI is InChI=1S/C22H23F3N6O4/c1-13-10-14(2)26-20-19(13)21(27-28(20)3)35-12-18(32)30-8-6-29(7-9-30)16-5-4-15(22(23,24)25)11-17(16)31(33)34/h4-5,10-11H,6-9,12H2,1-3H3. The Bertz CT molecular complexity index is 1300. The van der Waals surface area contributed by atoms with Crippen molar-refractivity contribution in [3.8, 4) is 5.88 Å². The Labute approximate surface area is 198 Å². The molecule has 10 nitrogen and oxygen atoms in total. The molecule has 0 N–H and O–H groups in total. The third kappa shape index (κ3) is 4.84. The van der Waals surface area contributed by atoms with E-state index in [1.807, 2.05) is 19.9 Å². The number of carbonyl (C=O) groups is 1. The maximum atomic E-state index is 13.0. The van der Waals surface area contributed by atoms with Crippen LogP contribution in [0.25, 0.3) is 11.0 Å². The molecule has 4 rings (SSSR count). The maximum absolute atomic E-state index is 13.0. The molecule has 0 unspecified atom stereocenters. The van der Waals surface area contributed by atoms with Gasteiger partial charge >= 0.3 is 6.18 Å². The number of hydrogen-bond acceptors (Lipinski definition) is 7. The lowest BCUT2D eigenvalue weighted by Crippen LogP contribution is -2.50. The molecule has 0 atom stereocenters. The van der Waals surface area contributed by atoms with Gasteiger partial charge in [0.15, 0.2) is 12.3 Å². The van der Waals surface area contributed by atoms with E-state index < -0.39 is 22.4 Å². The van der Waals surface area contributed by atoms with Gasteiger partial charge in [0.2, 0.25) is 5.88 Å². The second-order valence-electron chi connectivity index (χ2n) is 8.32. The normalized spacial score (nSPS) is 14.5. The molecule has 1 saturated heterocycles. The van der Waals surface area contributed by atoms with Crippen LogP contribution in [0.3, 0.4) is 0 Å². The van der Waals surface area contributed by atoms with Crippen LogP contribution in [0, 0.1) is 24.0 Å². The number of nitro benzene ring substituents is 1. The number of rotatable bonds is 5. The molecular weight excluding hydrogens is 469 g/mol. The monoisotopic (exact) mass is 492 g/mol. The smallest absolute Gasteiger partial charge is 0.416 e. The average Bonchev–Trinajstić information content (AvgIpc) is 3.12. The molecule has 1 aliphatic rings. The third-order valence-electron chi connectivity index (χ3n) is 5.89. The summed E-state index contributed by atoms with van der Waals surface area (Å²) >= 11 is 0. The van der Waals surface area contributed by atoms with E-state index in [1.54, 1.807) is 21.5 Å². The molecule has 13 heteroatoms. The summed E-state index contributed by atoms with van der Waals surface area (Å²) in [5, 5.41) is 16.4. The van der Waals surface area contributed by atoms with Gasteiger partial charge in [0, 0.05) is 45.0 Å². The number of alkyl halides is 3. The molecule has 1 amide bonds. The Kier molecular flexibility index (Phi) is 6.26. The van der Waals surface area contributed by atoms with Crippen molar-refractivity contribution in [2.24, 2.45) is 7.05 Å². The fourth-order valence-corrected chi connectivity index (χ4v) is 4.18.